The van der Waals surface area contributed by atoms with Crippen molar-refractivity contribution in [2.75, 3.05) is 25.2 Å². The van der Waals surface area contributed by atoms with E-state index in [0.29, 0.717) is 47.3 Å². The summed E-state index contributed by atoms with van der Waals surface area (Å²) in [7, 11) is 1.57. The molecule has 8 nitrogen and oxygen atoms in total. The number of methoxy groups -OCH3 is 1. The van der Waals surface area contributed by atoms with Gasteiger partial charge in [-0.05, 0) is 73.0 Å². The van der Waals surface area contributed by atoms with E-state index in [1.54, 1.807) is 61.7 Å². The van der Waals surface area contributed by atoms with E-state index in [1.807, 2.05) is 0 Å². The van der Waals surface area contributed by atoms with E-state index < -0.39 is 6.04 Å². The highest BCUT2D eigenvalue weighted by atomic mass is 16.6. The number of fused-ring (bicyclic) bond motifs is 1. The number of benzene rings is 3. The molecule has 1 aliphatic heterocycles. The molecule has 1 unspecified atom stereocenters. The molecule has 3 aromatic carbocycles. The Morgan fingerprint density at radius 3 is 2.30 bits per heavy atom. The van der Waals surface area contributed by atoms with Crippen LogP contribution < -0.4 is 24.4 Å². The molecule has 1 heterocycles. The molecule has 3 aromatic rings. The average molecular weight is 503 g/mol. The highest BCUT2D eigenvalue weighted by Gasteiger charge is 2.35. The van der Waals surface area contributed by atoms with Crippen LogP contribution in [-0.4, -0.2) is 43.3 Å². The van der Waals surface area contributed by atoms with Gasteiger partial charge in [0.2, 0.25) is 5.91 Å². The highest BCUT2D eigenvalue weighted by molar-refractivity contribution is 6.10. The van der Waals surface area contributed by atoms with Crippen LogP contribution in [0.2, 0.25) is 0 Å². The summed E-state index contributed by atoms with van der Waals surface area (Å²) in [5, 5.41) is 13.1. The zero-order valence-corrected chi connectivity index (χ0v) is 20.7. The van der Waals surface area contributed by atoms with Crippen LogP contribution in [0.4, 0.5) is 5.69 Å². The number of nitrogens with one attached hydrogen (secondary N) is 1. The SMILES string of the molecule is COc1ccc(N(C(=O)c2ccc3c(c2)OCCO3)C(C(=O)NC2CCCC2)c2ccc(O)cc2)cc1. The van der Waals surface area contributed by atoms with Crippen LogP contribution in [-0.2, 0) is 4.79 Å². The Balaban J connectivity index is 1.59. The molecule has 2 N–H and O–H groups in total. The number of carbonyl (C=O) groups excluding carboxylic acids is 2. The van der Waals surface area contributed by atoms with Crippen molar-refractivity contribution in [2.24, 2.45) is 0 Å². The van der Waals surface area contributed by atoms with Crippen molar-refractivity contribution in [2.45, 2.75) is 37.8 Å². The number of aromatic hydroxyl groups is 1. The van der Waals surface area contributed by atoms with Crippen molar-refractivity contribution >= 4 is 17.5 Å². The molecule has 1 atom stereocenters. The molecule has 0 bridgehead atoms. The van der Waals surface area contributed by atoms with E-state index in [0.717, 1.165) is 25.7 Å². The molecular weight excluding hydrogens is 472 g/mol. The minimum atomic E-state index is -0.977. The van der Waals surface area contributed by atoms with Crippen LogP contribution in [0.3, 0.4) is 0 Å². The Kier molecular flexibility index (Phi) is 7.16. The molecule has 1 aliphatic carbocycles. The lowest BCUT2D eigenvalue weighted by molar-refractivity contribution is -0.123. The van der Waals surface area contributed by atoms with E-state index in [9.17, 15) is 14.7 Å². The Morgan fingerprint density at radius 2 is 1.62 bits per heavy atom. The standard InChI is InChI=1S/C29H30N2O6/c1-35-24-13-9-22(10-14-24)31(29(34)20-8-15-25-26(18-20)37-17-16-36-25)27(19-6-11-23(32)12-7-19)28(33)30-21-4-2-3-5-21/h6-15,18,21,27,32H,2-5,16-17H2,1H3,(H,30,33). The third kappa shape index (κ3) is 5.33. The fourth-order valence-corrected chi connectivity index (χ4v) is 4.87. The summed E-state index contributed by atoms with van der Waals surface area (Å²) in [4.78, 5) is 29.5. The molecule has 2 aliphatic rings. The first-order chi connectivity index (χ1) is 18.0. The van der Waals surface area contributed by atoms with Crippen LogP contribution in [0.15, 0.2) is 66.7 Å². The summed E-state index contributed by atoms with van der Waals surface area (Å²) in [6.07, 6.45) is 3.94. The number of hydrogen-bond acceptors (Lipinski definition) is 6. The van der Waals surface area contributed by atoms with Gasteiger partial charge in [-0.25, -0.2) is 0 Å². The van der Waals surface area contributed by atoms with Crippen LogP contribution in [0, 0.1) is 0 Å². The van der Waals surface area contributed by atoms with E-state index in [2.05, 4.69) is 5.32 Å². The average Bonchev–Trinajstić information content (AvgIpc) is 3.45. The van der Waals surface area contributed by atoms with E-state index in [-0.39, 0.29) is 23.6 Å². The number of carbonyl (C=O) groups is 2. The molecule has 0 spiro atoms. The first-order valence-corrected chi connectivity index (χ1v) is 12.5. The molecular formula is C29H30N2O6. The number of ether oxygens (including phenoxy) is 3. The maximum absolute atomic E-state index is 14.2. The second-order valence-corrected chi connectivity index (χ2v) is 9.22. The second kappa shape index (κ2) is 10.8. The number of nitrogens with zero attached hydrogens (tertiary/aromatic N) is 1. The van der Waals surface area contributed by atoms with Gasteiger partial charge in [-0.1, -0.05) is 25.0 Å². The Morgan fingerprint density at radius 1 is 0.946 bits per heavy atom. The number of anilines is 1. The summed E-state index contributed by atoms with van der Waals surface area (Å²) >= 11 is 0. The number of phenolic OH excluding ortho intramolecular Hbond substituents is 1. The van der Waals surface area contributed by atoms with Gasteiger partial charge in [0.25, 0.3) is 5.91 Å². The summed E-state index contributed by atoms with van der Waals surface area (Å²) < 4.78 is 16.6. The lowest BCUT2D eigenvalue weighted by atomic mass is 10.0. The van der Waals surface area contributed by atoms with Crippen LogP contribution in [0.25, 0.3) is 0 Å². The van der Waals surface area contributed by atoms with Gasteiger partial charge in [-0.3, -0.25) is 14.5 Å². The topological polar surface area (TPSA) is 97.3 Å². The minimum absolute atomic E-state index is 0.0641. The van der Waals surface area contributed by atoms with Gasteiger partial charge in [-0.15, -0.1) is 0 Å². The van der Waals surface area contributed by atoms with Gasteiger partial charge in [0.05, 0.1) is 7.11 Å². The molecule has 1 saturated carbocycles. The number of rotatable bonds is 7. The summed E-state index contributed by atoms with van der Waals surface area (Å²) in [5.41, 5.74) is 1.47. The molecule has 1 fully saturated rings. The Bertz CT molecular complexity index is 1250. The van der Waals surface area contributed by atoms with Crippen LogP contribution in [0.1, 0.15) is 47.6 Å². The van der Waals surface area contributed by atoms with Crippen molar-refractivity contribution in [3.8, 4) is 23.0 Å². The zero-order valence-electron chi connectivity index (χ0n) is 20.7. The smallest absolute Gasteiger partial charge is 0.259 e. The highest BCUT2D eigenvalue weighted by Crippen LogP contribution is 2.35. The van der Waals surface area contributed by atoms with E-state index in [1.165, 1.54) is 17.0 Å². The lowest BCUT2D eigenvalue weighted by Crippen LogP contribution is -2.46. The van der Waals surface area contributed by atoms with Gasteiger partial charge < -0.3 is 24.6 Å². The maximum Gasteiger partial charge on any atom is 0.259 e. The lowest BCUT2D eigenvalue weighted by Gasteiger charge is -2.33. The molecule has 0 aromatic heterocycles. The molecule has 5 rings (SSSR count). The molecule has 0 saturated heterocycles. The normalized spacial score (nSPS) is 15.6. The van der Waals surface area contributed by atoms with E-state index >= 15 is 0 Å². The molecule has 37 heavy (non-hydrogen) atoms. The minimum Gasteiger partial charge on any atom is -0.508 e. The van der Waals surface area contributed by atoms with Crippen molar-refractivity contribution in [1.82, 2.24) is 5.32 Å². The predicted octanol–water partition coefficient (Wildman–Crippen LogP) is 4.62. The first kappa shape index (κ1) is 24.5. The van der Waals surface area contributed by atoms with Gasteiger partial charge >= 0.3 is 0 Å². The van der Waals surface area contributed by atoms with Gasteiger partial charge in [0.15, 0.2) is 11.5 Å². The van der Waals surface area contributed by atoms with Crippen LogP contribution >= 0.6 is 0 Å². The monoisotopic (exact) mass is 502 g/mol. The molecule has 0 radical (unpaired) electrons. The number of amides is 2. The molecule has 2 amide bonds. The zero-order chi connectivity index (χ0) is 25.8. The van der Waals surface area contributed by atoms with Crippen molar-refractivity contribution in [1.29, 1.82) is 0 Å². The van der Waals surface area contributed by atoms with Crippen molar-refractivity contribution < 1.29 is 28.9 Å². The fourth-order valence-electron chi connectivity index (χ4n) is 4.87. The first-order valence-electron chi connectivity index (χ1n) is 12.5. The van der Waals surface area contributed by atoms with E-state index in [4.69, 9.17) is 14.2 Å². The quantitative estimate of drug-likeness (QED) is 0.489. The van der Waals surface area contributed by atoms with Crippen molar-refractivity contribution in [3.63, 3.8) is 0 Å². The largest absolute Gasteiger partial charge is 0.508 e. The summed E-state index contributed by atoms with van der Waals surface area (Å²) in [5.74, 6) is 1.12. The van der Waals surface area contributed by atoms with Crippen LogP contribution in [0.5, 0.6) is 23.0 Å². The third-order valence-corrected chi connectivity index (χ3v) is 6.78. The Hall–Kier alpha value is -4.20. The Labute approximate surface area is 215 Å². The van der Waals surface area contributed by atoms with Gasteiger partial charge in [0.1, 0.15) is 30.8 Å². The maximum atomic E-state index is 14.2. The second-order valence-electron chi connectivity index (χ2n) is 9.22. The predicted molar refractivity (Wildman–Crippen MR) is 138 cm³/mol. The van der Waals surface area contributed by atoms with Gasteiger partial charge in [0, 0.05) is 17.3 Å². The van der Waals surface area contributed by atoms with Crippen molar-refractivity contribution in [3.05, 3.63) is 77.9 Å². The number of hydrogen-bond donors (Lipinski definition) is 2. The molecule has 192 valence electrons. The third-order valence-electron chi connectivity index (χ3n) is 6.78. The fraction of sp³-hybridized carbons (Fsp3) is 0.310. The van der Waals surface area contributed by atoms with Gasteiger partial charge in [-0.2, -0.15) is 0 Å². The summed E-state index contributed by atoms with van der Waals surface area (Å²) in [6.45, 7) is 0.843. The summed E-state index contributed by atoms with van der Waals surface area (Å²) in [6, 6.07) is 17.5. The number of phenols is 1. The molecule has 8 heteroatoms.